The number of nitrogens with zero attached hydrogens (tertiary/aromatic N) is 1. The Hall–Kier alpha value is -2.59. The molecule has 2 aromatic carbocycles. The van der Waals surface area contributed by atoms with Gasteiger partial charge in [0, 0.05) is 12.0 Å². The zero-order valence-electron chi connectivity index (χ0n) is 20.7. The molecule has 2 saturated heterocycles. The van der Waals surface area contributed by atoms with Crippen molar-refractivity contribution in [3.05, 3.63) is 94.2 Å². The van der Waals surface area contributed by atoms with E-state index >= 15 is 0 Å². The summed E-state index contributed by atoms with van der Waals surface area (Å²) in [7, 11) is 1.49. The van der Waals surface area contributed by atoms with E-state index in [1.54, 1.807) is 0 Å². The molecule has 1 amide bonds. The van der Waals surface area contributed by atoms with Crippen molar-refractivity contribution in [2.24, 2.45) is 0 Å². The average Bonchev–Trinajstić information content (AvgIpc) is 3.46. The number of benzene rings is 2. The zero-order chi connectivity index (χ0) is 26.2. The van der Waals surface area contributed by atoms with Gasteiger partial charge in [0.05, 0.1) is 11.2 Å². The summed E-state index contributed by atoms with van der Waals surface area (Å²) in [5, 5.41) is 1.34. The molecule has 192 valence electrons. The van der Waals surface area contributed by atoms with Crippen LogP contribution in [-0.2, 0) is 30.3 Å². The lowest BCUT2D eigenvalue weighted by Crippen LogP contribution is -2.71. The Morgan fingerprint density at radius 3 is 2.16 bits per heavy atom. The Kier molecular flexibility index (Phi) is 7.24. The van der Waals surface area contributed by atoms with E-state index in [0.717, 1.165) is 27.8 Å². The number of hydrogen-bond acceptors (Lipinski definition) is 8. The van der Waals surface area contributed by atoms with Crippen LogP contribution >= 0.6 is 34.9 Å². The number of thioether (sulfide) groups is 2. The minimum absolute atomic E-state index is 0.166. The van der Waals surface area contributed by atoms with E-state index in [0.29, 0.717) is 0 Å². The van der Waals surface area contributed by atoms with Crippen LogP contribution in [-0.4, -0.2) is 50.1 Å². The number of amides is 1. The second-order valence-corrected chi connectivity index (χ2v) is 13.4. The van der Waals surface area contributed by atoms with Gasteiger partial charge in [0.25, 0.3) is 5.91 Å². The maximum absolute atomic E-state index is 14.4. The first-order valence-electron chi connectivity index (χ1n) is 11.9. The number of β-lactam (4-membered cyclic amide) rings is 1. The highest BCUT2D eigenvalue weighted by Gasteiger charge is 2.74. The Morgan fingerprint density at radius 2 is 1.62 bits per heavy atom. The minimum Gasteiger partial charge on any atom is -0.450 e. The SMILES string of the molecule is CO[C@@H]1C(=O)N2[C@@H]1SC(C)(C)[C@]2(SC(=O)Cc1cccs1)C(=O)OC(c1ccccc1)c1ccccc1. The molecule has 0 bridgehead atoms. The third kappa shape index (κ3) is 4.52. The molecule has 0 aliphatic carbocycles. The molecule has 0 N–H and O–H groups in total. The zero-order valence-corrected chi connectivity index (χ0v) is 23.1. The summed E-state index contributed by atoms with van der Waals surface area (Å²) in [6.45, 7) is 3.78. The number of hydrogen-bond donors (Lipinski definition) is 0. The van der Waals surface area contributed by atoms with Gasteiger partial charge >= 0.3 is 5.97 Å². The Morgan fingerprint density at radius 1 is 1.00 bits per heavy atom. The number of methoxy groups -OCH3 is 1. The first-order chi connectivity index (χ1) is 17.8. The van der Waals surface area contributed by atoms with Gasteiger partial charge in [0.2, 0.25) is 4.87 Å². The minimum atomic E-state index is -1.55. The van der Waals surface area contributed by atoms with Crippen molar-refractivity contribution >= 4 is 51.9 Å². The third-order valence-electron chi connectivity index (χ3n) is 6.69. The summed E-state index contributed by atoms with van der Waals surface area (Å²) < 4.78 is 10.9. The van der Waals surface area contributed by atoms with Crippen molar-refractivity contribution in [3.63, 3.8) is 0 Å². The van der Waals surface area contributed by atoms with Crippen molar-refractivity contribution in [3.8, 4) is 0 Å². The van der Waals surface area contributed by atoms with Crippen LogP contribution in [0.1, 0.15) is 36.0 Å². The van der Waals surface area contributed by atoms with E-state index in [2.05, 4.69) is 0 Å². The Labute approximate surface area is 228 Å². The van der Waals surface area contributed by atoms with E-state index in [1.807, 2.05) is 92.0 Å². The van der Waals surface area contributed by atoms with E-state index in [-0.39, 0.29) is 22.8 Å². The number of carbonyl (C=O) groups excluding carboxylic acids is 3. The second kappa shape index (κ2) is 10.3. The maximum atomic E-state index is 14.4. The molecule has 37 heavy (non-hydrogen) atoms. The molecule has 1 aromatic heterocycles. The first kappa shape index (κ1) is 26.0. The van der Waals surface area contributed by atoms with Crippen LogP contribution in [0.2, 0.25) is 0 Å². The fraction of sp³-hybridized carbons (Fsp3) is 0.321. The standard InChI is InChI=1S/C28H27NO5S3/c1-27(2)28(29-24(31)23(33-3)25(29)37-27,36-21(30)17-20-15-10-16-35-20)26(32)34-22(18-11-6-4-7-12-18)19-13-8-5-9-14-19/h4-16,22-23,25H,17H2,1-3H3/t23-,25-,28-/m1/s1. The van der Waals surface area contributed by atoms with Crippen molar-refractivity contribution in [2.75, 3.05) is 7.11 Å². The summed E-state index contributed by atoms with van der Waals surface area (Å²) in [6.07, 6.45) is -1.19. The molecule has 0 radical (unpaired) electrons. The molecule has 3 atom stereocenters. The summed E-state index contributed by atoms with van der Waals surface area (Å²) in [5.41, 5.74) is 1.61. The smallest absolute Gasteiger partial charge is 0.345 e. The van der Waals surface area contributed by atoms with Crippen LogP contribution in [0.3, 0.4) is 0 Å². The predicted molar refractivity (Wildman–Crippen MR) is 147 cm³/mol. The fourth-order valence-electron chi connectivity index (χ4n) is 4.86. The van der Waals surface area contributed by atoms with Crippen LogP contribution < -0.4 is 0 Å². The Balaban J connectivity index is 1.54. The van der Waals surface area contributed by atoms with Crippen molar-refractivity contribution in [1.82, 2.24) is 4.90 Å². The number of fused-ring (bicyclic) bond motifs is 1. The summed E-state index contributed by atoms with van der Waals surface area (Å²) >= 11 is 3.85. The molecule has 9 heteroatoms. The van der Waals surface area contributed by atoms with Gasteiger partial charge in [-0.3, -0.25) is 14.5 Å². The van der Waals surface area contributed by atoms with Gasteiger partial charge in [-0.1, -0.05) is 66.7 Å². The number of carbonyl (C=O) groups is 3. The molecule has 2 aliphatic heterocycles. The molecule has 3 aromatic rings. The molecular formula is C28H27NO5S3. The number of rotatable bonds is 8. The van der Waals surface area contributed by atoms with E-state index in [4.69, 9.17) is 9.47 Å². The second-order valence-electron chi connectivity index (χ2n) is 9.36. The van der Waals surface area contributed by atoms with Crippen LogP contribution in [0, 0.1) is 0 Å². The van der Waals surface area contributed by atoms with Crippen molar-refractivity contribution < 1.29 is 23.9 Å². The molecule has 6 nitrogen and oxygen atoms in total. The number of ether oxygens (including phenoxy) is 2. The lowest BCUT2D eigenvalue weighted by molar-refractivity contribution is -0.179. The normalized spacial score (nSPS) is 24.0. The van der Waals surface area contributed by atoms with E-state index < -0.39 is 27.8 Å². The van der Waals surface area contributed by atoms with Gasteiger partial charge in [0.15, 0.2) is 17.3 Å². The van der Waals surface area contributed by atoms with E-state index in [9.17, 15) is 14.4 Å². The van der Waals surface area contributed by atoms with E-state index in [1.165, 1.54) is 35.1 Å². The highest BCUT2D eigenvalue weighted by atomic mass is 32.2. The van der Waals surface area contributed by atoms with Gasteiger partial charge in [-0.15, -0.1) is 23.1 Å². The van der Waals surface area contributed by atoms with Gasteiger partial charge in [-0.05, 0) is 48.2 Å². The third-order valence-corrected chi connectivity index (χ3v) is 10.8. The largest absolute Gasteiger partial charge is 0.450 e. The van der Waals surface area contributed by atoms with Gasteiger partial charge in [-0.2, -0.15) is 0 Å². The van der Waals surface area contributed by atoms with Crippen LogP contribution in [0.15, 0.2) is 78.2 Å². The molecule has 2 aliphatic rings. The molecule has 5 rings (SSSR count). The topological polar surface area (TPSA) is 72.9 Å². The van der Waals surface area contributed by atoms with Crippen molar-refractivity contribution in [1.29, 1.82) is 0 Å². The monoisotopic (exact) mass is 553 g/mol. The lowest BCUT2D eigenvalue weighted by atomic mass is 9.95. The molecule has 2 fully saturated rings. The van der Waals surface area contributed by atoms with Crippen LogP contribution in [0.25, 0.3) is 0 Å². The molecular weight excluding hydrogens is 527 g/mol. The maximum Gasteiger partial charge on any atom is 0.345 e. The summed E-state index contributed by atoms with van der Waals surface area (Å²) in [5.74, 6) is -0.924. The van der Waals surface area contributed by atoms with Crippen molar-refractivity contribution in [2.45, 2.75) is 47.5 Å². The van der Waals surface area contributed by atoms with Crippen LogP contribution in [0.5, 0.6) is 0 Å². The quantitative estimate of drug-likeness (QED) is 0.277. The average molecular weight is 554 g/mol. The first-order valence-corrected chi connectivity index (χ1v) is 14.4. The van der Waals surface area contributed by atoms with Gasteiger partial charge < -0.3 is 9.47 Å². The highest BCUT2D eigenvalue weighted by Crippen LogP contribution is 2.62. The molecule has 3 heterocycles. The number of thiophene rings is 1. The van der Waals surface area contributed by atoms with Gasteiger partial charge in [-0.25, -0.2) is 4.79 Å². The summed E-state index contributed by atoms with van der Waals surface area (Å²) in [4.78, 5) is 41.9. The fourth-order valence-corrected chi connectivity index (χ4v) is 8.89. The molecule has 0 unspecified atom stereocenters. The Bertz CT molecular complexity index is 1240. The van der Waals surface area contributed by atoms with Gasteiger partial charge in [0.1, 0.15) is 5.37 Å². The molecule has 0 spiro atoms. The molecule has 0 saturated carbocycles. The summed E-state index contributed by atoms with van der Waals surface area (Å²) in [6, 6.07) is 22.8. The van der Waals surface area contributed by atoms with Crippen LogP contribution in [0.4, 0.5) is 0 Å². The lowest BCUT2D eigenvalue weighted by Gasteiger charge is -2.49. The predicted octanol–water partition coefficient (Wildman–Crippen LogP) is 5.29. The highest BCUT2D eigenvalue weighted by molar-refractivity contribution is 8.16. The number of esters is 1.